The third-order valence-corrected chi connectivity index (χ3v) is 4.26. The van der Waals surface area contributed by atoms with E-state index < -0.39 is 0 Å². The molecule has 1 saturated heterocycles. The van der Waals surface area contributed by atoms with Gasteiger partial charge in [-0.3, -0.25) is 0 Å². The van der Waals surface area contributed by atoms with Crippen LogP contribution in [0.25, 0.3) is 11.3 Å². The minimum atomic E-state index is 0.582. The van der Waals surface area contributed by atoms with Crippen molar-refractivity contribution < 1.29 is 0 Å². The van der Waals surface area contributed by atoms with Gasteiger partial charge in [0.15, 0.2) is 0 Å². The van der Waals surface area contributed by atoms with Crippen molar-refractivity contribution in [1.82, 2.24) is 15.3 Å². The molecule has 2 aromatic rings. The van der Waals surface area contributed by atoms with Crippen molar-refractivity contribution >= 4 is 0 Å². The summed E-state index contributed by atoms with van der Waals surface area (Å²) in [4.78, 5) is 8.38. The number of aromatic amines is 1. The van der Waals surface area contributed by atoms with E-state index in [2.05, 4.69) is 48.4 Å². The highest BCUT2D eigenvalue weighted by molar-refractivity contribution is 5.62. The molecule has 0 unspecified atom stereocenters. The number of nitrogens with one attached hydrogen (secondary N) is 2. The summed E-state index contributed by atoms with van der Waals surface area (Å²) < 4.78 is 0. The smallest absolute Gasteiger partial charge is 0.110 e. The van der Waals surface area contributed by atoms with Crippen LogP contribution in [0, 0.1) is 6.92 Å². The summed E-state index contributed by atoms with van der Waals surface area (Å²) in [5.74, 6) is 1.75. The van der Waals surface area contributed by atoms with Crippen molar-refractivity contribution in [3.8, 4) is 11.3 Å². The number of benzene rings is 1. The van der Waals surface area contributed by atoms with Gasteiger partial charge in [-0.1, -0.05) is 31.2 Å². The summed E-state index contributed by atoms with van der Waals surface area (Å²) in [6.45, 7) is 6.51. The van der Waals surface area contributed by atoms with E-state index in [-0.39, 0.29) is 0 Å². The predicted octanol–water partition coefficient (Wildman–Crippen LogP) is 3.41. The van der Waals surface area contributed by atoms with E-state index in [1.807, 2.05) is 0 Å². The Morgan fingerprint density at radius 3 is 2.50 bits per heavy atom. The average molecular weight is 269 g/mol. The fraction of sp³-hybridized carbons (Fsp3) is 0.471. The van der Waals surface area contributed by atoms with Crippen molar-refractivity contribution in [2.24, 2.45) is 0 Å². The molecule has 0 atom stereocenters. The first-order chi connectivity index (χ1) is 9.78. The van der Waals surface area contributed by atoms with Crippen LogP contribution in [-0.4, -0.2) is 23.1 Å². The van der Waals surface area contributed by atoms with Gasteiger partial charge in [0.2, 0.25) is 0 Å². The summed E-state index contributed by atoms with van der Waals surface area (Å²) in [5.41, 5.74) is 4.89. The van der Waals surface area contributed by atoms with Gasteiger partial charge in [-0.15, -0.1) is 0 Å². The Morgan fingerprint density at radius 1 is 1.15 bits per heavy atom. The Bertz CT molecular complexity index is 562. The van der Waals surface area contributed by atoms with Gasteiger partial charge in [-0.25, -0.2) is 4.98 Å². The van der Waals surface area contributed by atoms with Crippen molar-refractivity contribution in [2.45, 2.75) is 39.0 Å². The number of piperidine rings is 1. The third kappa shape index (κ3) is 2.63. The monoisotopic (exact) mass is 269 g/mol. The van der Waals surface area contributed by atoms with Crippen LogP contribution in [0.15, 0.2) is 24.3 Å². The average Bonchev–Trinajstić information content (AvgIpc) is 2.90. The maximum Gasteiger partial charge on any atom is 0.110 e. The summed E-state index contributed by atoms with van der Waals surface area (Å²) in [7, 11) is 0. The van der Waals surface area contributed by atoms with Crippen LogP contribution < -0.4 is 5.32 Å². The lowest BCUT2D eigenvalue weighted by Crippen LogP contribution is -2.27. The molecule has 2 N–H and O–H groups in total. The summed E-state index contributed by atoms with van der Waals surface area (Å²) >= 11 is 0. The molecule has 2 heterocycles. The Labute approximate surface area is 120 Å². The molecule has 1 aromatic carbocycles. The Kier molecular flexibility index (Phi) is 3.88. The zero-order chi connectivity index (χ0) is 13.9. The quantitative estimate of drug-likeness (QED) is 0.896. The highest BCUT2D eigenvalue weighted by Gasteiger charge is 2.20. The zero-order valence-electron chi connectivity index (χ0n) is 12.4. The molecule has 3 rings (SSSR count). The maximum absolute atomic E-state index is 4.88. The van der Waals surface area contributed by atoms with Crippen molar-refractivity contribution in [3.63, 3.8) is 0 Å². The zero-order valence-corrected chi connectivity index (χ0v) is 12.4. The molecule has 0 amide bonds. The molecule has 0 aliphatic carbocycles. The highest BCUT2D eigenvalue weighted by Crippen LogP contribution is 2.28. The lowest BCUT2D eigenvalue weighted by atomic mass is 9.98. The molecule has 1 aliphatic heterocycles. The van der Waals surface area contributed by atoms with E-state index in [9.17, 15) is 0 Å². The number of rotatable bonds is 3. The van der Waals surface area contributed by atoms with Gasteiger partial charge in [0.25, 0.3) is 0 Å². The fourth-order valence-corrected chi connectivity index (χ4v) is 2.95. The number of H-pyrrole nitrogens is 1. The molecule has 1 aromatic heterocycles. The first-order valence-corrected chi connectivity index (χ1v) is 7.64. The summed E-state index contributed by atoms with van der Waals surface area (Å²) in [6.07, 6.45) is 3.45. The number of nitrogens with zero attached hydrogens (tertiary/aromatic N) is 1. The fourth-order valence-electron chi connectivity index (χ4n) is 2.95. The number of aromatic nitrogens is 2. The molecule has 1 aliphatic rings. The van der Waals surface area contributed by atoms with Crippen LogP contribution in [0.2, 0.25) is 0 Å². The molecular formula is C17H23N3. The number of hydrogen-bond acceptors (Lipinski definition) is 2. The second-order valence-electron chi connectivity index (χ2n) is 5.67. The van der Waals surface area contributed by atoms with Gasteiger partial charge in [0.1, 0.15) is 5.82 Å². The molecule has 0 radical (unpaired) electrons. The standard InChI is InChI=1S/C17H23N3/c1-3-13-4-6-14(7-5-13)16-12(2)19-17(20-16)15-8-10-18-11-9-15/h4-7,15,18H,3,8-11H2,1-2H3,(H,19,20). The van der Waals surface area contributed by atoms with E-state index in [0.717, 1.165) is 25.2 Å². The van der Waals surface area contributed by atoms with Crippen LogP contribution in [-0.2, 0) is 6.42 Å². The van der Waals surface area contributed by atoms with Crippen LogP contribution in [0.1, 0.15) is 42.8 Å². The lowest BCUT2D eigenvalue weighted by Gasteiger charge is -2.20. The van der Waals surface area contributed by atoms with E-state index in [1.165, 1.54) is 35.5 Å². The molecule has 20 heavy (non-hydrogen) atoms. The molecule has 1 fully saturated rings. The molecule has 3 nitrogen and oxygen atoms in total. The van der Waals surface area contributed by atoms with Crippen LogP contribution in [0.4, 0.5) is 0 Å². The third-order valence-electron chi connectivity index (χ3n) is 4.26. The van der Waals surface area contributed by atoms with Crippen LogP contribution in [0.3, 0.4) is 0 Å². The second kappa shape index (κ2) is 5.80. The summed E-state index contributed by atoms with van der Waals surface area (Å²) in [6, 6.07) is 8.78. The number of hydrogen-bond donors (Lipinski definition) is 2. The van der Waals surface area contributed by atoms with E-state index in [0.29, 0.717) is 5.92 Å². The largest absolute Gasteiger partial charge is 0.345 e. The predicted molar refractivity (Wildman–Crippen MR) is 83.0 cm³/mol. The lowest BCUT2D eigenvalue weighted by molar-refractivity contribution is 0.447. The molecule has 0 saturated carbocycles. The summed E-state index contributed by atoms with van der Waals surface area (Å²) in [5, 5.41) is 3.41. The first-order valence-electron chi connectivity index (χ1n) is 7.64. The van der Waals surface area contributed by atoms with Gasteiger partial charge in [-0.2, -0.15) is 0 Å². The molecular weight excluding hydrogens is 246 g/mol. The van der Waals surface area contributed by atoms with Crippen molar-refractivity contribution in [2.75, 3.05) is 13.1 Å². The van der Waals surface area contributed by atoms with Crippen LogP contribution in [0.5, 0.6) is 0 Å². The SMILES string of the molecule is CCc1ccc(-c2nc(C3CCNCC3)[nH]c2C)cc1. The van der Waals surface area contributed by atoms with Gasteiger partial charge < -0.3 is 10.3 Å². The van der Waals surface area contributed by atoms with Crippen LogP contribution >= 0.6 is 0 Å². The first kappa shape index (κ1) is 13.4. The van der Waals surface area contributed by atoms with Gasteiger partial charge in [0.05, 0.1) is 5.69 Å². The normalized spacial score (nSPS) is 16.5. The molecule has 0 spiro atoms. The number of imidazole rings is 1. The van der Waals surface area contributed by atoms with Crippen molar-refractivity contribution in [1.29, 1.82) is 0 Å². The number of aryl methyl sites for hydroxylation is 2. The van der Waals surface area contributed by atoms with Gasteiger partial charge in [0, 0.05) is 17.2 Å². The second-order valence-corrected chi connectivity index (χ2v) is 5.67. The minimum Gasteiger partial charge on any atom is -0.345 e. The Balaban J connectivity index is 1.87. The van der Waals surface area contributed by atoms with Gasteiger partial charge >= 0.3 is 0 Å². The van der Waals surface area contributed by atoms with E-state index in [1.54, 1.807) is 0 Å². The Morgan fingerprint density at radius 2 is 1.85 bits per heavy atom. The van der Waals surface area contributed by atoms with E-state index in [4.69, 9.17) is 4.98 Å². The maximum atomic E-state index is 4.88. The van der Waals surface area contributed by atoms with Crippen molar-refractivity contribution in [3.05, 3.63) is 41.3 Å². The van der Waals surface area contributed by atoms with Gasteiger partial charge in [-0.05, 0) is 44.8 Å². The van der Waals surface area contributed by atoms with E-state index >= 15 is 0 Å². The topological polar surface area (TPSA) is 40.7 Å². The molecule has 3 heteroatoms. The molecule has 0 bridgehead atoms. The Hall–Kier alpha value is -1.61. The highest BCUT2D eigenvalue weighted by atomic mass is 15.0. The molecule has 106 valence electrons. The minimum absolute atomic E-state index is 0.582.